The number of fused-ring (bicyclic) bond motifs is 1. The van der Waals surface area contributed by atoms with Crippen molar-refractivity contribution in [2.75, 3.05) is 19.9 Å². The minimum atomic E-state index is 0.249. The van der Waals surface area contributed by atoms with Gasteiger partial charge < -0.3 is 19.5 Å². The Labute approximate surface area is 134 Å². The summed E-state index contributed by atoms with van der Waals surface area (Å²) in [5.74, 6) is 1.50. The third-order valence-electron chi connectivity index (χ3n) is 3.63. The minimum Gasteiger partial charge on any atom is -0.454 e. The predicted octanol–water partition coefficient (Wildman–Crippen LogP) is 1.78. The van der Waals surface area contributed by atoms with Crippen molar-refractivity contribution < 1.29 is 14.2 Å². The molecular weight excluding hydrogens is 302 g/mol. The van der Waals surface area contributed by atoms with Crippen molar-refractivity contribution in [3.63, 3.8) is 0 Å². The molecule has 1 aromatic carbocycles. The largest absolute Gasteiger partial charge is 0.454 e. The van der Waals surface area contributed by atoms with E-state index in [9.17, 15) is 0 Å². The number of rotatable bonds is 4. The molecule has 0 radical (unpaired) electrons. The van der Waals surface area contributed by atoms with Gasteiger partial charge in [-0.05, 0) is 50.2 Å². The predicted molar refractivity (Wildman–Crippen MR) is 87.5 cm³/mol. The van der Waals surface area contributed by atoms with E-state index in [1.807, 2.05) is 25.1 Å². The Morgan fingerprint density at radius 2 is 2.23 bits per heavy atom. The first-order valence-electron chi connectivity index (χ1n) is 7.32. The fourth-order valence-corrected chi connectivity index (χ4v) is 2.50. The second kappa shape index (κ2) is 6.93. The van der Waals surface area contributed by atoms with Crippen LogP contribution in [0.25, 0.3) is 0 Å². The quantitative estimate of drug-likeness (QED) is 0.501. The van der Waals surface area contributed by atoms with Crippen molar-refractivity contribution in [1.82, 2.24) is 10.7 Å². The fourth-order valence-electron chi connectivity index (χ4n) is 2.37. The van der Waals surface area contributed by atoms with Crippen LogP contribution in [-0.4, -0.2) is 36.9 Å². The molecule has 2 N–H and O–H groups in total. The highest BCUT2D eigenvalue weighted by atomic mass is 32.1. The third kappa shape index (κ3) is 3.66. The van der Waals surface area contributed by atoms with E-state index in [4.69, 9.17) is 26.4 Å². The lowest BCUT2D eigenvalue weighted by molar-refractivity contribution is 0.114. The Kier molecular flexibility index (Phi) is 4.74. The van der Waals surface area contributed by atoms with Crippen LogP contribution in [0.4, 0.5) is 0 Å². The average Bonchev–Trinajstić information content (AvgIpc) is 3.20. The Hall–Kier alpha value is -1.86. The van der Waals surface area contributed by atoms with E-state index in [0.29, 0.717) is 11.7 Å². The Morgan fingerprint density at radius 1 is 1.36 bits per heavy atom. The van der Waals surface area contributed by atoms with Gasteiger partial charge >= 0.3 is 0 Å². The lowest BCUT2D eigenvalue weighted by Crippen LogP contribution is -2.37. The maximum atomic E-state index is 5.53. The van der Waals surface area contributed by atoms with Gasteiger partial charge in [0.15, 0.2) is 16.6 Å². The zero-order chi connectivity index (χ0) is 15.4. The summed E-state index contributed by atoms with van der Waals surface area (Å²) in [5, 5.41) is 7.90. The number of hydrogen-bond acceptors (Lipinski definition) is 5. The van der Waals surface area contributed by atoms with Gasteiger partial charge in [-0.25, -0.2) is 0 Å². The van der Waals surface area contributed by atoms with Crippen LogP contribution in [0, 0.1) is 0 Å². The number of nitrogens with zero attached hydrogens (tertiary/aromatic N) is 1. The van der Waals surface area contributed by atoms with E-state index in [1.165, 1.54) is 0 Å². The molecule has 0 aliphatic carbocycles. The number of hydrogen-bond donors (Lipinski definition) is 2. The van der Waals surface area contributed by atoms with Crippen molar-refractivity contribution in [2.45, 2.75) is 25.9 Å². The first-order chi connectivity index (χ1) is 10.7. The second-order valence-electron chi connectivity index (χ2n) is 5.22. The fraction of sp³-hybridized carbons (Fsp3) is 0.467. The second-order valence-corrected chi connectivity index (χ2v) is 5.63. The molecule has 1 atom stereocenters. The molecule has 118 valence electrons. The SMILES string of the molecule is C/C(=N/NC(=S)NCC1CCCO1)c1ccc2c(c1)OCO2. The molecule has 0 amide bonds. The molecule has 1 aromatic rings. The zero-order valence-electron chi connectivity index (χ0n) is 12.4. The molecule has 22 heavy (non-hydrogen) atoms. The molecular formula is C15H19N3O3S. The summed E-state index contributed by atoms with van der Waals surface area (Å²) < 4.78 is 16.2. The van der Waals surface area contributed by atoms with E-state index in [1.54, 1.807) is 0 Å². The van der Waals surface area contributed by atoms with Crippen molar-refractivity contribution in [2.24, 2.45) is 5.10 Å². The van der Waals surface area contributed by atoms with Crippen LogP contribution in [-0.2, 0) is 4.74 Å². The van der Waals surface area contributed by atoms with E-state index in [0.717, 1.165) is 42.2 Å². The van der Waals surface area contributed by atoms with E-state index < -0.39 is 0 Å². The molecule has 7 heteroatoms. The molecule has 3 rings (SSSR count). The molecule has 1 saturated heterocycles. The van der Waals surface area contributed by atoms with Gasteiger partial charge in [-0.1, -0.05) is 0 Å². The summed E-state index contributed by atoms with van der Waals surface area (Å²) in [7, 11) is 0. The summed E-state index contributed by atoms with van der Waals surface area (Å²) >= 11 is 5.21. The van der Waals surface area contributed by atoms with Gasteiger partial charge in [0.2, 0.25) is 6.79 Å². The van der Waals surface area contributed by atoms with E-state index in [-0.39, 0.29) is 12.9 Å². The average molecular weight is 321 g/mol. The molecule has 0 bridgehead atoms. The van der Waals surface area contributed by atoms with E-state index >= 15 is 0 Å². The number of ether oxygens (including phenoxy) is 3. The molecule has 2 aliphatic rings. The van der Waals surface area contributed by atoms with Crippen molar-refractivity contribution >= 4 is 23.0 Å². The van der Waals surface area contributed by atoms with Crippen LogP contribution in [0.1, 0.15) is 25.3 Å². The highest BCUT2D eigenvalue weighted by Gasteiger charge is 2.15. The Morgan fingerprint density at radius 3 is 3.05 bits per heavy atom. The highest BCUT2D eigenvalue weighted by molar-refractivity contribution is 7.80. The van der Waals surface area contributed by atoms with Crippen molar-refractivity contribution in [3.8, 4) is 11.5 Å². The highest BCUT2D eigenvalue weighted by Crippen LogP contribution is 2.32. The smallest absolute Gasteiger partial charge is 0.231 e. The van der Waals surface area contributed by atoms with Gasteiger partial charge in [0.1, 0.15) is 0 Å². The van der Waals surface area contributed by atoms with Gasteiger partial charge in [0.05, 0.1) is 11.8 Å². The monoisotopic (exact) mass is 321 g/mol. The molecule has 0 spiro atoms. The molecule has 0 saturated carbocycles. The van der Waals surface area contributed by atoms with E-state index in [2.05, 4.69) is 15.8 Å². The van der Waals surface area contributed by atoms with Crippen LogP contribution in [0.15, 0.2) is 23.3 Å². The van der Waals surface area contributed by atoms with Crippen LogP contribution >= 0.6 is 12.2 Å². The van der Waals surface area contributed by atoms with Gasteiger partial charge in [0, 0.05) is 18.7 Å². The summed E-state index contributed by atoms with van der Waals surface area (Å²) in [5.41, 5.74) is 4.63. The summed E-state index contributed by atoms with van der Waals surface area (Å²) in [6.45, 7) is 3.73. The van der Waals surface area contributed by atoms with Gasteiger partial charge in [-0.3, -0.25) is 5.43 Å². The van der Waals surface area contributed by atoms with Crippen molar-refractivity contribution in [3.05, 3.63) is 23.8 Å². The standard InChI is InChI=1S/C15H19N3O3S/c1-10(11-4-5-13-14(7-11)21-9-20-13)17-18-15(22)16-8-12-3-2-6-19-12/h4-5,7,12H,2-3,6,8-9H2,1H3,(H2,16,18,22)/b17-10-. The van der Waals surface area contributed by atoms with Crippen LogP contribution in [0.2, 0.25) is 0 Å². The zero-order valence-corrected chi connectivity index (χ0v) is 13.2. The molecule has 2 aliphatic heterocycles. The molecule has 6 nitrogen and oxygen atoms in total. The lowest BCUT2D eigenvalue weighted by atomic mass is 10.1. The molecule has 1 unspecified atom stereocenters. The summed E-state index contributed by atoms with van der Waals surface area (Å²) in [6.07, 6.45) is 2.45. The third-order valence-corrected chi connectivity index (χ3v) is 3.87. The van der Waals surface area contributed by atoms with Crippen LogP contribution in [0.3, 0.4) is 0 Å². The number of benzene rings is 1. The molecule has 0 aromatic heterocycles. The maximum Gasteiger partial charge on any atom is 0.231 e. The first-order valence-corrected chi connectivity index (χ1v) is 7.73. The lowest BCUT2D eigenvalue weighted by Gasteiger charge is -2.12. The van der Waals surface area contributed by atoms with Crippen molar-refractivity contribution in [1.29, 1.82) is 0 Å². The Balaban J connectivity index is 1.51. The first kappa shape index (κ1) is 15.1. The Bertz CT molecular complexity index is 585. The maximum absolute atomic E-state index is 5.53. The minimum absolute atomic E-state index is 0.249. The summed E-state index contributed by atoms with van der Waals surface area (Å²) in [4.78, 5) is 0. The van der Waals surface area contributed by atoms with Crippen LogP contribution < -0.4 is 20.2 Å². The number of nitrogens with one attached hydrogen (secondary N) is 2. The summed E-state index contributed by atoms with van der Waals surface area (Å²) in [6, 6.07) is 5.73. The van der Waals surface area contributed by atoms with Gasteiger partial charge in [-0.15, -0.1) is 0 Å². The normalized spacial score (nSPS) is 20.0. The topological polar surface area (TPSA) is 64.1 Å². The molecule has 1 fully saturated rings. The molecule has 2 heterocycles. The van der Waals surface area contributed by atoms with Gasteiger partial charge in [0.25, 0.3) is 0 Å². The number of thiocarbonyl (C=S) groups is 1. The van der Waals surface area contributed by atoms with Crippen LogP contribution in [0.5, 0.6) is 11.5 Å². The van der Waals surface area contributed by atoms with Gasteiger partial charge in [-0.2, -0.15) is 5.10 Å². The number of hydrazone groups is 1.